The molecule has 1 aromatic carbocycles. The number of rotatable bonds is 7. The van der Waals surface area contributed by atoms with Crippen molar-refractivity contribution in [1.29, 1.82) is 0 Å². The van der Waals surface area contributed by atoms with Gasteiger partial charge in [0.05, 0.1) is 12.7 Å². The SMILES string of the molecule is CCn1cc(CN(CC(C)C)C(=O)NCc2ccc(C)cc2)cn1. The van der Waals surface area contributed by atoms with Crippen molar-refractivity contribution in [2.75, 3.05) is 6.54 Å². The van der Waals surface area contributed by atoms with E-state index in [0.717, 1.165) is 24.2 Å². The monoisotopic (exact) mass is 328 g/mol. The summed E-state index contributed by atoms with van der Waals surface area (Å²) in [6.07, 6.45) is 3.84. The van der Waals surface area contributed by atoms with E-state index in [2.05, 4.69) is 50.2 Å². The van der Waals surface area contributed by atoms with Crippen LogP contribution in [0.15, 0.2) is 36.7 Å². The quantitative estimate of drug-likeness (QED) is 0.844. The van der Waals surface area contributed by atoms with Gasteiger partial charge in [0.15, 0.2) is 0 Å². The lowest BCUT2D eigenvalue weighted by Gasteiger charge is -2.24. The zero-order valence-corrected chi connectivity index (χ0v) is 15.1. The first-order valence-corrected chi connectivity index (χ1v) is 8.57. The molecule has 2 amide bonds. The molecule has 5 nitrogen and oxygen atoms in total. The zero-order chi connectivity index (χ0) is 17.5. The molecule has 0 radical (unpaired) electrons. The van der Waals surface area contributed by atoms with E-state index in [4.69, 9.17) is 0 Å². The van der Waals surface area contributed by atoms with Crippen molar-refractivity contribution in [3.63, 3.8) is 0 Å². The highest BCUT2D eigenvalue weighted by Crippen LogP contribution is 2.09. The van der Waals surface area contributed by atoms with Crippen LogP contribution in [0.1, 0.15) is 37.5 Å². The summed E-state index contributed by atoms with van der Waals surface area (Å²) in [6.45, 7) is 11.0. The van der Waals surface area contributed by atoms with Gasteiger partial charge in [-0.15, -0.1) is 0 Å². The predicted octanol–water partition coefficient (Wildman–Crippen LogP) is 3.58. The topological polar surface area (TPSA) is 50.2 Å². The van der Waals surface area contributed by atoms with Gasteiger partial charge < -0.3 is 10.2 Å². The summed E-state index contributed by atoms with van der Waals surface area (Å²) in [5, 5.41) is 7.31. The van der Waals surface area contributed by atoms with E-state index in [9.17, 15) is 4.79 Å². The fraction of sp³-hybridized carbons (Fsp3) is 0.474. The van der Waals surface area contributed by atoms with Crippen LogP contribution in [0.3, 0.4) is 0 Å². The smallest absolute Gasteiger partial charge is 0.317 e. The molecule has 5 heteroatoms. The number of nitrogens with one attached hydrogen (secondary N) is 1. The lowest BCUT2D eigenvalue weighted by Crippen LogP contribution is -2.41. The number of hydrogen-bond donors (Lipinski definition) is 1. The van der Waals surface area contributed by atoms with E-state index in [1.54, 1.807) is 0 Å². The fourth-order valence-electron chi connectivity index (χ4n) is 2.54. The molecule has 0 bridgehead atoms. The maximum Gasteiger partial charge on any atom is 0.317 e. The molecule has 0 atom stereocenters. The lowest BCUT2D eigenvalue weighted by molar-refractivity contribution is 0.187. The van der Waals surface area contributed by atoms with Crippen LogP contribution in [-0.4, -0.2) is 27.3 Å². The Morgan fingerprint density at radius 1 is 1.25 bits per heavy atom. The average molecular weight is 328 g/mol. The molecule has 0 aliphatic rings. The second-order valence-corrected chi connectivity index (χ2v) is 6.62. The summed E-state index contributed by atoms with van der Waals surface area (Å²) in [5.41, 5.74) is 3.39. The van der Waals surface area contributed by atoms with Crippen molar-refractivity contribution in [3.05, 3.63) is 53.3 Å². The van der Waals surface area contributed by atoms with Crippen LogP contribution in [0.5, 0.6) is 0 Å². The Morgan fingerprint density at radius 3 is 2.54 bits per heavy atom. The van der Waals surface area contributed by atoms with Crippen molar-refractivity contribution in [2.45, 2.75) is 47.3 Å². The van der Waals surface area contributed by atoms with Crippen LogP contribution in [0.25, 0.3) is 0 Å². The highest BCUT2D eigenvalue weighted by atomic mass is 16.2. The van der Waals surface area contributed by atoms with Gasteiger partial charge in [0.2, 0.25) is 0 Å². The third kappa shape index (κ3) is 5.41. The first-order chi connectivity index (χ1) is 11.5. The lowest BCUT2D eigenvalue weighted by atomic mass is 10.1. The van der Waals surface area contributed by atoms with Crippen LogP contribution < -0.4 is 5.32 Å². The molecule has 0 saturated carbocycles. The number of benzene rings is 1. The normalized spacial score (nSPS) is 10.9. The third-order valence-electron chi connectivity index (χ3n) is 3.82. The summed E-state index contributed by atoms with van der Waals surface area (Å²) in [4.78, 5) is 14.4. The molecule has 2 aromatic rings. The maximum absolute atomic E-state index is 12.6. The molecule has 2 rings (SSSR count). The Morgan fingerprint density at radius 2 is 1.96 bits per heavy atom. The molecule has 0 fully saturated rings. The Bertz CT molecular complexity index is 646. The summed E-state index contributed by atoms with van der Waals surface area (Å²) >= 11 is 0. The number of aromatic nitrogens is 2. The zero-order valence-electron chi connectivity index (χ0n) is 15.1. The van der Waals surface area contributed by atoms with E-state index in [-0.39, 0.29) is 6.03 Å². The van der Waals surface area contributed by atoms with Gasteiger partial charge >= 0.3 is 6.03 Å². The first-order valence-electron chi connectivity index (χ1n) is 8.57. The molecule has 130 valence electrons. The predicted molar refractivity (Wildman–Crippen MR) is 96.6 cm³/mol. The van der Waals surface area contributed by atoms with Gasteiger partial charge in [-0.05, 0) is 25.3 Å². The maximum atomic E-state index is 12.6. The van der Waals surface area contributed by atoms with Crippen molar-refractivity contribution in [2.24, 2.45) is 5.92 Å². The van der Waals surface area contributed by atoms with E-state index >= 15 is 0 Å². The standard InChI is InChI=1S/C19H28N4O/c1-5-23-14-18(11-21-23)13-22(12-15(2)3)19(24)20-10-17-8-6-16(4)7-9-17/h6-9,11,14-15H,5,10,12-13H2,1-4H3,(H,20,24). The highest BCUT2D eigenvalue weighted by Gasteiger charge is 2.16. The number of carbonyl (C=O) groups is 1. The van der Waals surface area contributed by atoms with E-state index < -0.39 is 0 Å². The molecule has 1 aromatic heterocycles. The molecule has 0 saturated heterocycles. The second kappa shape index (κ2) is 8.52. The van der Waals surface area contributed by atoms with Crippen molar-refractivity contribution in [1.82, 2.24) is 20.0 Å². The fourth-order valence-corrected chi connectivity index (χ4v) is 2.54. The Labute approximate surface area is 144 Å². The Balaban J connectivity index is 1.97. The molecular formula is C19H28N4O. The average Bonchev–Trinajstić information content (AvgIpc) is 3.00. The summed E-state index contributed by atoms with van der Waals surface area (Å²) < 4.78 is 1.88. The van der Waals surface area contributed by atoms with Crippen LogP contribution in [0, 0.1) is 12.8 Å². The van der Waals surface area contributed by atoms with Crippen LogP contribution >= 0.6 is 0 Å². The Hall–Kier alpha value is -2.30. The number of nitrogens with zero attached hydrogens (tertiary/aromatic N) is 3. The molecule has 0 aliphatic carbocycles. The van der Waals surface area contributed by atoms with Crippen molar-refractivity contribution >= 4 is 6.03 Å². The minimum atomic E-state index is -0.0338. The number of aryl methyl sites for hydroxylation is 2. The van der Waals surface area contributed by atoms with E-state index in [1.165, 1.54) is 5.56 Å². The highest BCUT2D eigenvalue weighted by molar-refractivity contribution is 5.74. The summed E-state index contributed by atoms with van der Waals surface area (Å²) in [5.74, 6) is 0.413. The molecule has 0 aliphatic heterocycles. The van der Waals surface area contributed by atoms with Gasteiger partial charge in [0, 0.05) is 31.4 Å². The first kappa shape index (κ1) is 18.0. The van der Waals surface area contributed by atoms with Gasteiger partial charge in [0.25, 0.3) is 0 Å². The van der Waals surface area contributed by atoms with Crippen LogP contribution in [0.4, 0.5) is 4.79 Å². The van der Waals surface area contributed by atoms with Gasteiger partial charge in [-0.1, -0.05) is 43.7 Å². The minimum absolute atomic E-state index is 0.0338. The Kier molecular flexibility index (Phi) is 6.41. The number of urea groups is 1. The molecule has 0 spiro atoms. The van der Waals surface area contributed by atoms with Crippen LogP contribution in [0.2, 0.25) is 0 Å². The number of carbonyl (C=O) groups excluding carboxylic acids is 1. The second-order valence-electron chi connectivity index (χ2n) is 6.62. The molecule has 1 N–H and O–H groups in total. The summed E-state index contributed by atoms with van der Waals surface area (Å²) in [7, 11) is 0. The number of hydrogen-bond acceptors (Lipinski definition) is 2. The third-order valence-corrected chi connectivity index (χ3v) is 3.82. The van der Waals surface area contributed by atoms with E-state index in [1.807, 2.05) is 34.1 Å². The summed E-state index contributed by atoms with van der Waals surface area (Å²) in [6, 6.07) is 8.19. The molecular weight excluding hydrogens is 300 g/mol. The van der Waals surface area contributed by atoms with Crippen molar-refractivity contribution in [3.8, 4) is 0 Å². The largest absolute Gasteiger partial charge is 0.334 e. The van der Waals surface area contributed by atoms with Gasteiger partial charge in [-0.2, -0.15) is 5.10 Å². The molecule has 1 heterocycles. The van der Waals surface area contributed by atoms with Gasteiger partial charge in [-0.25, -0.2) is 4.79 Å². The van der Waals surface area contributed by atoms with Gasteiger partial charge in [-0.3, -0.25) is 4.68 Å². The minimum Gasteiger partial charge on any atom is -0.334 e. The van der Waals surface area contributed by atoms with Crippen LogP contribution in [-0.2, 0) is 19.6 Å². The van der Waals surface area contributed by atoms with Gasteiger partial charge in [0.1, 0.15) is 0 Å². The molecule has 24 heavy (non-hydrogen) atoms. The molecule has 0 unspecified atom stereocenters. The van der Waals surface area contributed by atoms with Crippen molar-refractivity contribution < 1.29 is 4.79 Å². The number of amides is 2. The van der Waals surface area contributed by atoms with E-state index in [0.29, 0.717) is 19.0 Å².